The van der Waals surface area contributed by atoms with Crippen LogP contribution in [0, 0.1) is 0 Å². The monoisotopic (exact) mass is 272 g/mol. The summed E-state index contributed by atoms with van der Waals surface area (Å²) >= 11 is 0. The quantitative estimate of drug-likeness (QED) is 0.735. The summed E-state index contributed by atoms with van der Waals surface area (Å²) in [6.45, 7) is 1.88. The Kier molecular flexibility index (Phi) is 5.57. The molecule has 0 aliphatic heterocycles. The number of aromatic nitrogens is 1. The van der Waals surface area contributed by atoms with Gasteiger partial charge in [-0.3, -0.25) is 13.8 Å². The fourth-order valence-corrected chi connectivity index (χ4v) is 2.04. The van der Waals surface area contributed by atoms with E-state index in [9.17, 15) is 13.8 Å². The van der Waals surface area contributed by atoms with Crippen molar-refractivity contribution in [2.45, 2.75) is 13.5 Å². The van der Waals surface area contributed by atoms with Crippen LogP contribution >= 0.6 is 0 Å². The zero-order valence-electron chi connectivity index (χ0n) is 10.1. The predicted octanol–water partition coefficient (Wildman–Crippen LogP) is 0.0711. The molecule has 0 aliphatic carbocycles. The molecular weight excluding hydrogens is 256 g/mol. The number of carboxylic acids is 1. The van der Waals surface area contributed by atoms with Gasteiger partial charge in [0.15, 0.2) is 0 Å². The first-order valence-electron chi connectivity index (χ1n) is 5.54. The molecule has 0 spiro atoms. The number of carbonyl (C=O) groups is 2. The van der Waals surface area contributed by atoms with Crippen LogP contribution in [0.25, 0.3) is 0 Å². The molecule has 0 aliphatic rings. The van der Waals surface area contributed by atoms with E-state index in [1.165, 1.54) is 10.8 Å². The lowest BCUT2D eigenvalue weighted by Crippen LogP contribution is -2.30. The third-order valence-electron chi connectivity index (χ3n) is 2.31. The largest absolute Gasteiger partial charge is 0.480 e. The second kappa shape index (κ2) is 6.95. The van der Waals surface area contributed by atoms with E-state index in [1.807, 2.05) is 6.92 Å². The van der Waals surface area contributed by atoms with Gasteiger partial charge < -0.3 is 15.0 Å². The van der Waals surface area contributed by atoms with E-state index in [-0.39, 0.29) is 12.5 Å². The number of nitrogens with one attached hydrogen (secondary N) is 1. The van der Waals surface area contributed by atoms with Gasteiger partial charge >= 0.3 is 5.97 Å². The maximum atomic E-state index is 11.8. The predicted molar refractivity (Wildman–Crippen MR) is 68.0 cm³/mol. The Hall–Kier alpha value is -1.63. The summed E-state index contributed by atoms with van der Waals surface area (Å²) in [6, 6.07) is 3.16. The molecule has 1 unspecified atom stereocenters. The van der Waals surface area contributed by atoms with Crippen LogP contribution in [0.4, 0.5) is 0 Å². The second-order valence-corrected chi connectivity index (χ2v) is 5.47. The highest BCUT2D eigenvalue weighted by Gasteiger charge is 2.12. The molecule has 1 amide bonds. The molecule has 0 saturated heterocycles. The SMILES string of the molecule is CCS(=O)CCNC(=O)c1cccn1CC(=O)O. The summed E-state index contributed by atoms with van der Waals surface area (Å²) in [5.74, 6) is -0.394. The molecule has 2 N–H and O–H groups in total. The van der Waals surface area contributed by atoms with Crippen molar-refractivity contribution in [3.05, 3.63) is 24.0 Å². The van der Waals surface area contributed by atoms with Gasteiger partial charge in [0.25, 0.3) is 5.91 Å². The van der Waals surface area contributed by atoms with Crippen molar-refractivity contribution in [3.63, 3.8) is 0 Å². The van der Waals surface area contributed by atoms with Crippen molar-refractivity contribution < 1.29 is 18.9 Å². The van der Waals surface area contributed by atoms with Crippen molar-refractivity contribution in [3.8, 4) is 0 Å². The maximum absolute atomic E-state index is 11.8. The number of hydrogen-bond acceptors (Lipinski definition) is 3. The lowest BCUT2D eigenvalue weighted by molar-refractivity contribution is -0.137. The molecule has 1 aromatic heterocycles. The summed E-state index contributed by atoms with van der Waals surface area (Å²) in [7, 11) is -0.920. The van der Waals surface area contributed by atoms with Crippen LogP contribution in [0.3, 0.4) is 0 Å². The minimum atomic E-state index is -1.01. The maximum Gasteiger partial charge on any atom is 0.323 e. The molecule has 100 valence electrons. The van der Waals surface area contributed by atoms with Gasteiger partial charge in [-0.2, -0.15) is 0 Å². The molecule has 0 radical (unpaired) electrons. The highest BCUT2D eigenvalue weighted by molar-refractivity contribution is 7.84. The fourth-order valence-electron chi connectivity index (χ4n) is 1.42. The van der Waals surface area contributed by atoms with E-state index in [4.69, 9.17) is 5.11 Å². The molecule has 1 aromatic rings. The lowest BCUT2D eigenvalue weighted by Gasteiger charge is -2.07. The van der Waals surface area contributed by atoms with E-state index in [0.29, 0.717) is 23.7 Å². The van der Waals surface area contributed by atoms with Gasteiger partial charge in [0.05, 0.1) is 0 Å². The Morgan fingerprint density at radius 1 is 1.50 bits per heavy atom. The van der Waals surface area contributed by atoms with Crippen LogP contribution in [0.2, 0.25) is 0 Å². The number of rotatable bonds is 7. The van der Waals surface area contributed by atoms with E-state index < -0.39 is 16.8 Å². The average Bonchev–Trinajstić information content (AvgIpc) is 2.75. The summed E-state index contributed by atoms with van der Waals surface area (Å²) in [5, 5.41) is 11.3. The van der Waals surface area contributed by atoms with Crippen molar-refractivity contribution in [2.75, 3.05) is 18.1 Å². The highest BCUT2D eigenvalue weighted by Crippen LogP contribution is 2.02. The molecule has 6 nitrogen and oxygen atoms in total. The molecule has 0 bridgehead atoms. The van der Waals surface area contributed by atoms with Crippen molar-refractivity contribution in [1.29, 1.82) is 0 Å². The molecule has 1 rings (SSSR count). The summed E-state index contributed by atoms with van der Waals surface area (Å²) < 4.78 is 12.5. The molecule has 0 saturated carbocycles. The fraction of sp³-hybridized carbons (Fsp3) is 0.455. The van der Waals surface area contributed by atoms with Gasteiger partial charge in [-0.15, -0.1) is 0 Å². The van der Waals surface area contributed by atoms with E-state index >= 15 is 0 Å². The minimum Gasteiger partial charge on any atom is -0.480 e. The zero-order valence-corrected chi connectivity index (χ0v) is 10.9. The third kappa shape index (κ3) is 4.33. The van der Waals surface area contributed by atoms with Gasteiger partial charge in [0, 0.05) is 35.0 Å². The van der Waals surface area contributed by atoms with Crippen LogP contribution in [-0.2, 0) is 22.1 Å². The molecule has 1 atom stereocenters. The van der Waals surface area contributed by atoms with Crippen LogP contribution in [0.1, 0.15) is 17.4 Å². The second-order valence-electron chi connectivity index (χ2n) is 3.60. The Morgan fingerprint density at radius 2 is 2.22 bits per heavy atom. The van der Waals surface area contributed by atoms with Crippen molar-refractivity contribution in [1.82, 2.24) is 9.88 Å². The van der Waals surface area contributed by atoms with Gasteiger partial charge in [-0.1, -0.05) is 6.92 Å². The molecular formula is C11H16N2O4S. The number of amides is 1. The molecule has 18 heavy (non-hydrogen) atoms. The van der Waals surface area contributed by atoms with E-state index in [0.717, 1.165) is 0 Å². The summed E-state index contributed by atoms with van der Waals surface area (Å²) in [6.07, 6.45) is 1.53. The van der Waals surface area contributed by atoms with Gasteiger partial charge in [-0.05, 0) is 12.1 Å². The number of carboxylic acid groups (broad SMARTS) is 1. The minimum absolute atomic E-state index is 0.253. The Balaban J connectivity index is 2.53. The number of aliphatic carboxylic acids is 1. The number of hydrogen-bond donors (Lipinski definition) is 2. The normalized spacial score (nSPS) is 12.1. The van der Waals surface area contributed by atoms with E-state index in [2.05, 4.69) is 5.32 Å². The molecule has 0 aromatic carbocycles. The summed E-state index contributed by atoms with van der Waals surface area (Å²) in [4.78, 5) is 22.3. The Labute approximate surface area is 107 Å². The molecule has 0 fully saturated rings. The first kappa shape index (κ1) is 14.4. The third-order valence-corrected chi connectivity index (χ3v) is 3.61. The molecule has 7 heteroatoms. The van der Waals surface area contributed by atoms with Crippen LogP contribution in [0.5, 0.6) is 0 Å². The molecule has 1 heterocycles. The lowest BCUT2D eigenvalue weighted by atomic mass is 10.4. The number of carbonyl (C=O) groups excluding carboxylic acids is 1. The number of nitrogens with zero attached hydrogens (tertiary/aromatic N) is 1. The van der Waals surface area contributed by atoms with E-state index in [1.54, 1.807) is 12.1 Å². The standard InChI is InChI=1S/C11H16N2O4S/c1-2-18(17)7-5-12-11(16)9-4-3-6-13(9)8-10(14)15/h3-4,6H,2,5,7-8H2,1H3,(H,12,16)(H,14,15). The first-order chi connectivity index (χ1) is 8.54. The smallest absolute Gasteiger partial charge is 0.323 e. The van der Waals surface area contributed by atoms with Gasteiger partial charge in [0.2, 0.25) is 0 Å². The van der Waals surface area contributed by atoms with Gasteiger partial charge in [0.1, 0.15) is 12.2 Å². The first-order valence-corrected chi connectivity index (χ1v) is 7.03. The van der Waals surface area contributed by atoms with Crippen LogP contribution in [-0.4, -0.2) is 43.8 Å². The highest BCUT2D eigenvalue weighted by atomic mass is 32.2. The zero-order chi connectivity index (χ0) is 13.5. The van der Waals surface area contributed by atoms with Crippen LogP contribution in [0.15, 0.2) is 18.3 Å². The van der Waals surface area contributed by atoms with Crippen LogP contribution < -0.4 is 5.32 Å². The van der Waals surface area contributed by atoms with Crippen molar-refractivity contribution >= 4 is 22.7 Å². The van der Waals surface area contributed by atoms with Crippen molar-refractivity contribution in [2.24, 2.45) is 0 Å². The topological polar surface area (TPSA) is 88.4 Å². The summed E-state index contributed by atoms with van der Waals surface area (Å²) in [5.41, 5.74) is 0.291. The Morgan fingerprint density at radius 3 is 2.83 bits per heavy atom. The van der Waals surface area contributed by atoms with Gasteiger partial charge in [-0.25, -0.2) is 0 Å². The Bertz CT molecular complexity index is 456. The average molecular weight is 272 g/mol.